The number of halogens is 1. The Bertz CT molecular complexity index is 511. The Labute approximate surface area is 128 Å². The van der Waals surface area contributed by atoms with Crippen molar-refractivity contribution in [2.75, 3.05) is 13.1 Å². The van der Waals surface area contributed by atoms with Crippen molar-refractivity contribution in [3.63, 3.8) is 0 Å². The van der Waals surface area contributed by atoms with Gasteiger partial charge in [0.25, 0.3) is 0 Å². The number of rotatable bonds is 2. The molecule has 20 heavy (non-hydrogen) atoms. The van der Waals surface area contributed by atoms with Gasteiger partial charge in [0.1, 0.15) is 0 Å². The molecule has 1 heterocycles. The molecule has 1 atom stereocenters. The van der Waals surface area contributed by atoms with Gasteiger partial charge in [-0.25, -0.2) is 0 Å². The van der Waals surface area contributed by atoms with Gasteiger partial charge in [-0.15, -0.1) is 0 Å². The van der Waals surface area contributed by atoms with Crippen molar-refractivity contribution in [3.05, 3.63) is 34.3 Å². The van der Waals surface area contributed by atoms with Crippen LogP contribution < -0.4 is 5.73 Å². The van der Waals surface area contributed by atoms with Gasteiger partial charge in [-0.05, 0) is 37.0 Å². The molecule has 0 bridgehead atoms. The number of likely N-dealkylation sites (tertiary alicyclic amines) is 1. The molecule has 0 spiro atoms. The molecule has 2 fully saturated rings. The highest BCUT2D eigenvalue weighted by Crippen LogP contribution is 2.43. The number of hydrogen-bond donors (Lipinski definition) is 1. The third kappa shape index (κ3) is 2.40. The first-order valence-corrected chi connectivity index (χ1v) is 8.22. The monoisotopic (exact) mass is 336 g/mol. The summed E-state index contributed by atoms with van der Waals surface area (Å²) in [6.07, 6.45) is 5.14. The van der Waals surface area contributed by atoms with Crippen molar-refractivity contribution in [1.29, 1.82) is 0 Å². The average molecular weight is 337 g/mol. The van der Waals surface area contributed by atoms with E-state index in [1.807, 2.05) is 17.0 Å². The number of carbonyl (C=O) groups is 1. The lowest BCUT2D eigenvalue weighted by Gasteiger charge is -2.33. The van der Waals surface area contributed by atoms with Crippen LogP contribution in [0.2, 0.25) is 0 Å². The molecule has 1 saturated heterocycles. The van der Waals surface area contributed by atoms with Gasteiger partial charge in [-0.2, -0.15) is 0 Å². The highest BCUT2D eigenvalue weighted by molar-refractivity contribution is 9.10. The summed E-state index contributed by atoms with van der Waals surface area (Å²) in [5, 5.41) is 0. The first-order valence-electron chi connectivity index (χ1n) is 7.43. The molecule has 4 heteroatoms. The molecule has 3 rings (SSSR count). The summed E-state index contributed by atoms with van der Waals surface area (Å²) in [4.78, 5) is 15.1. The Hall–Kier alpha value is -0.870. The maximum atomic E-state index is 13.1. The second-order valence-corrected chi connectivity index (χ2v) is 7.02. The molecule has 3 nitrogen and oxygen atoms in total. The maximum Gasteiger partial charge on any atom is 0.233 e. The normalized spacial score (nSPS) is 25.1. The van der Waals surface area contributed by atoms with Gasteiger partial charge in [-0.1, -0.05) is 40.9 Å². The zero-order chi connectivity index (χ0) is 14.2. The standard InChI is InChI=1S/C16H21BrN2O/c17-13-5-3-4-12(10-13)16(7-1-2-8-16)15(20)19-9-6-14(18)11-19/h3-5,10,14H,1-2,6-9,11,18H2/t14-/m1/s1. The third-order valence-electron chi connectivity index (χ3n) is 4.76. The van der Waals surface area contributed by atoms with Crippen LogP contribution in [0.15, 0.2) is 28.7 Å². The van der Waals surface area contributed by atoms with Crippen LogP contribution in [0.4, 0.5) is 0 Å². The second kappa shape index (κ2) is 5.49. The van der Waals surface area contributed by atoms with Gasteiger partial charge in [0.15, 0.2) is 0 Å². The fourth-order valence-electron chi connectivity index (χ4n) is 3.67. The molecule has 108 valence electrons. The molecule has 1 aliphatic heterocycles. The lowest BCUT2D eigenvalue weighted by Crippen LogP contribution is -2.45. The zero-order valence-corrected chi connectivity index (χ0v) is 13.2. The highest BCUT2D eigenvalue weighted by Gasteiger charge is 2.45. The molecule has 2 aliphatic rings. The second-order valence-electron chi connectivity index (χ2n) is 6.10. The topological polar surface area (TPSA) is 46.3 Å². The summed E-state index contributed by atoms with van der Waals surface area (Å²) < 4.78 is 1.05. The summed E-state index contributed by atoms with van der Waals surface area (Å²) in [7, 11) is 0. The van der Waals surface area contributed by atoms with E-state index in [2.05, 4.69) is 28.1 Å². The number of nitrogens with two attached hydrogens (primary N) is 1. The highest BCUT2D eigenvalue weighted by atomic mass is 79.9. The molecule has 1 aromatic carbocycles. The number of nitrogens with zero attached hydrogens (tertiary/aromatic N) is 1. The van der Waals surface area contributed by atoms with Gasteiger partial charge < -0.3 is 10.6 Å². The first-order chi connectivity index (χ1) is 9.62. The van der Waals surface area contributed by atoms with Crippen molar-refractivity contribution in [2.45, 2.75) is 43.6 Å². The molecular formula is C16H21BrN2O. The molecule has 1 saturated carbocycles. The Morgan fingerprint density at radius 3 is 2.70 bits per heavy atom. The maximum absolute atomic E-state index is 13.1. The van der Waals surface area contributed by atoms with Crippen molar-refractivity contribution < 1.29 is 4.79 Å². The van der Waals surface area contributed by atoms with E-state index < -0.39 is 0 Å². The fraction of sp³-hybridized carbons (Fsp3) is 0.562. The molecule has 0 unspecified atom stereocenters. The van der Waals surface area contributed by atoms with Crippen LogP contribution in [0.5, 0.6) is 0 Å². The van der Waals surface area contributed by atoms with E-state index in [4.69, 9.17) is 5.73 Å². The lowest BCUT2D eigenvalue weighted by molar-refractivity contribution is -0.136. The molecule has 0 aromatic heterocycles. The van der Waals surface area contributed by atoms with Crippen LogP contribution >= 0.6 is 15.9 Å². The fourth-order valence-corrected chi connectivity index (χ4v) is 4.06. The van der Waals surface area contributed by atoms with Crippen LogP contribution in [0.25, 0.3) is 0 Å². The van der Waals surface area contributed by atoms with Crippen molar-refractivity contribution in [1.82, 2.24) is 4.90 Å². The average Bonchev–Trinajstić information content (AvgIpc) is 3.07. The Morgan fingerprint density at radius 2 is 2.10 bits per heavy atom. The van der Waals surface area contributed by atoms with Gasteiger partial charge in [0.05, 0.1) is 5.41 Å². The Balaban J connectivity index is 1.93. The Kier molecular flexibility index (Phi) is 3.87. The SMILES string of the molecule is N[C@@H]1CCN(C(=O)C2(c3cccc(Br)c3)CCCC2)C1. The van der Waals surface area contributed by atoms with Crippen molar-refractivity contribution >= 4 is 21.8 Å². The van der Waals surface area contributed by atoms with E-state index in [0.29, 0.717) is 12.5 Å². The molecule has 1 aliphatic carbocycles. The van der Waals surface area contributed by atoms with E-state index in [0.717, 1.165) is 48.7 Å². The molecule has 0 radical (unpaired) electrons. The Morgan fingerprint density at radius 1 is 1.35 bits per heavy atom. The minimum atomic E-state index is -0.312. The summed E-state index contributed by atoms with van der Waals surface area (Å²) in [5.74, 6) is 0.293. The first kappa shape index (κ1) is 14.1. The van der Waals surface area contributed by atoms with Crippen LogP contribution in [0.3, 0.4) is 0 Å². The van der Waals surface area contributed by atoms with Gasteiger partial charge >= 0.3 is 0 Å². The number of carbonyl (C=O) groups excluding carboxylic acids is 1. The van der Waals surface area contributed by atoms with Crippen LogP contribution in [-0.4, -0.2) is 29.9 Å². The van der Waals surface area contributed by atoms with E-state index in [-0.39, 0.29) is 11.5 Å². The van der Waals surface area contributed by atoms with Gasteiger partial charge in [0.2, 0.25) is 5.91 Å². The van der Waals surface area contributed by atoms with Gasteiger partial charge in [-0.3, -0.25) is 4.79 Å². The van der Waals surface area contributed by atoms with Crippen molar-refractivity contribution in [2.24, 2.45) is 5.73 Å². The summed E-state index contributed by atoms with van der Waals surface area (Å²) >= 11 is 3.53. The van der Waals surface area contributed by atoms with E-state index in [1.54, 1.807) is 0 Å². The number of benzene rings is 1. The lowest BCUT2D eigenvalue weighted by atomic mass is 9.77. The zero-order valence-electron chi connectivity index (χ0n) is 11.6. The molecular weight excluding hydrogens is 316 g/mol. The minimum Gasteiger partial charge on any atom is -0.340 e. The molecule has 2 N–H and O–H groups in total. The summed E-state index contributed by atoms with van der Waals surface area (Å²) in [6.45, 7) is 1.53. The van der Waals surface area contributed by atoms with E-state index in [1.165, 1.54) is 0 Å². The number of hydrogen-bond acceptors (Lipinski definition) is 2. The smallest absolute Gasteiger partial charge is 0.233 e. The van der Waals surface area contributed by atoms with Crippen LogP contribution in [0.1, 0.15) is 37.7 Å². The van der Waals surface area contributed by atoms with Crippen LogP contribution in [0, 0.1) is 0 Å². The van der Waals surface area contributed by atoms with E-state index in [9.17, 15) is 4.79 Å². The predicted octanol–water partition coefficient (Wildman–Crippen LogP) is 2.82. The third-order valence-corrected chi connectivity index (χ3v) is 5.25. The summed E-state index contributed by atoms with van der Waals surface area (Å²) in [5.41, 5.74) is 6.82. The minimum absolute atomic E-state index is 0.153. The number of amides is 1. The molecule has 1 amide bonds. The van der Waals surface area contributed by atoms with Crippen molar-refractivity contribution in [3.8, 4) is 0 Å². The largest absolute Gasteiger partial charge is 0.340 e. The predicted molar refractivity (Wildman–Crippen MR) is 83.5 cm³/mol. The molecule has 1 aromatic rings. The van der Waals surface area contributed by atoms with Gasteiger partial charge in [0, 0.05) is 23.6 Å². The summed E-state index contributed by atoms with van der Waals surface area (Å²) in [6, 6.07) is 8.41. The quantitative estimate of drug-likeness (QED) is 0.902. The van der Waals surface area contributed by atoms with E-state index >= 15 is 0 Å². The van der Waals surface area contributed by atoms with Crippen LogP contribution in [-0.2, 0) is 10.2 Å².